The maximum Gasteiger partial charge on any atom is 0.228 e. The summed E-state index contributed by atoms with van der Waals surface area (Å²) in [6, 6.07) is 0. The van der Waals surface area contributed by atoms with E-state index in [9.17, 15) is 15.3 Å². The monoisotopic (exact) mass is 350 g/mol. The molecule has 3 aliphatic rings. The van der Waals surface area contributed by atoms with Gasteiger partial charge in [-0.3, -0.25) is 0 Å². The van der Waals surface area contributed by atoms with Gasteiger partial charge in [0.25, 0.3) is 0 Å². The van der Waals surface area contributed by atoms with E-state index in [1.54, 1.807) is 0 Å². The van der Waals surface area contributed by atoms with Crippen molar-refractivity contribution >= 4 is 5.95 Å². The molecule has 8 heteroatoms. The number of aliphatic hydroxyl groups excluding tert-OH is 3. The van der Waals surface area contributed by atoms with Gasteiger partial charge in [0.2, 0.25) is 11.8 Å². The van der Waals surface area contributed by atoms with E-state index in [4.69, 9.17) is 9.72 Å². The number of aromatic nitrogens is 2. The molecule has 1 saturated heterocycles. The summed E-state index contributed by atoms with van der Waals surface area (Å²) in [7, 11) is 0. The lowest BCUT2D eigenvalue weighted by Crippen LogP contribution is -2.44. The quantitative estimate of drug-likeness (QED) is 0.549. The Bertz CT molecular complexity index is 623. The van der Waals surface area contributed by atoms with Crippen LogP contribution >= 0.6 is 0 Å². The molecule has 1 saturated carbocycles. The van der Waals surface area contributed by atoms with Crippen molar-refractivity contribution in [3.8, 4) is 5.88 Å². The van der Waals surface area contributed by atoms with Gasteiger partial charge in [0.05, 0.1) is 11.8 Å². The molecule has 4 rings (SSSR count). The summed E-state index contributed by atoms with van der Waals surface area (Å²) in [5.41, 5.74) is 2.03. The Morgan fingerprint density at radius 3 is 2.48 bits per heavy atom. The first-order chi connectivity index (χ1) is 12.1. The molecule has 1 aliphatic heterocycles. The minimum Gasteiger partial charge on any atom is -0.471 e. The zero-order chi connectivity index (χ0) is 17.4. The first kappa shape index (κ1) is 17.0. The van der Waals surface area contributed by atoms with Crippen LogP contribution in [0.15, 0.2) is 0 Å². The van der Waals surface area contributed by atoms with E-state index in [0.717, 1.165) is 63.1 Å². The van der Waals surface area contributed by atoms with Crippen LogP contribution in [0.1, 0.15) is 30.5 Å². The highest BCUT2D eigenvalue weighted by molar-refractivity contribution is 5.42. The lowest BCUT2D eigenvalue weighted by atomic mass is 9.97. The molecule has 138 valence electrons. The second-order valence-electron chi connectivity index (χ2n) is 7.14. The van der Waals surface area contributed by atoms with Gasteiger partial charge in [-0.05, 0) is 25.7 Å². The Hall–Kier alpha value is -1.48. The van der Waals surface area contributed by atoms with Gasteiger partial charge in [0.15, 0.2) is 0 Å². The highest BCUT2D eigenvalue weighted by Gasteiger charge is 2.42. The maximum absolute atomic E-state index is 10.1. The molecule has 0 unspecified atom stereocenters. The molecule has 2 heterocycles. The number of hydrogen-bond donors (Lipinski definition) is 4. The van der Waals surface area contributed by atoms with Crippen molar-refractivity contribution in [2.45, 2.75) is 56.5 Å². The van der Waals surface area contributed by atoms with Crippen molar-refractivity contribution in [3.63, 3.8) is 0 Å². The van der Waals surface area contributed by atoms with E-state index >= 15 is 0 Å². The number of nitrogens with one attached hydrogen (secondary N) is 1. The molecular formula is C17H26N4O4. The number of rotatable bonds is 3. The van der Waals surface area contributed by atoms with Crippen molar-refractivity contribution in [2.24, 2.45) is 0 Å². The Morgan fingerprint density at radius 1 is 1.00 bits per heavy atom. The highest BCUT2D eigenvalue weighted by atomic mass is 16.5. The summed E-state index contributed by atoms with van der Waals surface area (Å²) >= 11 is 0. The first-order valence-corrected chi connectivity index (χ1v) is 9.20. The van der Waals surface area contributed by atoms with E-state index in [-0.39, 0.29) is 6.42 Å². The molecule has 2 aliphatic carbocycles. The van der Waals surface area contributed by atoms with Gasteiger partial charge in [-0.25, -0.2) is 4.98 Å². The summed E-state index contributed by atoms with van der Waals surface area (Å²) < 4.78 is 5.99. The molecule has 0 amide bonds. The third-order valence-corrected chi connectivity index (χ3v) is 5.40. The number of ether oxygens (including phenoxy) is 1. The molecule has 0 aromatic carbocycles. The Labute approximate surface area is 146 Å². The molecule has 1 aromatic heterocycles. The number of nitrogens with zero attached hydrogens (tertiary/aromatic N) is 3. The van der Waals surface area contributed by atoms with Crippen LogP contribution in [0.25, 0.3) is 0 Å². The average Bonchev–Trinajstić information content (AvgIpc) is 2.89. The minimum atomic E-state index is -1.17. The second-order valence-corrected chi connectivity index (χ2v) is 7.14. The molecule has 8 nitrogen and oxygen atoms in total. The van der Waals surface area contributed by atoms with Gasteiger partial charge < -0.3 is 30.3 Å². The molecular weight excluding hydrogens is 324 g/mol. The first-order valence-electron chi connectivity index (χ1n) is 9.20. The second kappa shape index (κ2) is 7.03. The summed E-state index contributed by atoms with van der Waals surface area (Å²) in [6.07, 6.45) is 0.247. The van der Waals surface area contributed by atoms with E-state index in [1.165, 1.54) is 0 Å². The average molecular weight is 350 g/mol. The van der Waals surface area contributed by atoms with E-state index in [1.807, 2.05) is 0 Å². The molecule has 25 heavy (non-hydrogen) atoms. The molecule has 4 N–H and O–H groups in total. The van der Waals surface area contributed by atoms with Crippen LogP contribution < -0.4 is 15.0 Å². The topological polar surface area (TPSA) is 111 Å². The van der Waals surface area contributed by atoms with E-state index < -0.39 is 24.4 Å². The molecule has 0 bridgehead atoms. The van der Waals surface area contributed by atoms with Gasteiger partial charge in [0.1, 0.15) is 18.3 Å². The van der Waals surface area contributed by atoms with Crippen molar-refractivity contribution in [1.82, 2.24) is 15.3 Å². The standard InChI is InChI=1S/C17H26N4O4/c22-12-9-13(15(24)14(12)23)25-16-10-3-1-2-4-11(10)19-17(20-16)21-7-5-18-6-8-21/h12-15,18,22-24H,1-9H2/t12-,13+,14+,15-/m0/s1. The van der Waals surface area contributed by atoms with Crippen molar-refractivity contribution < 1.29 is 20.1 Å². The van der Waals surface area contributed by atoms with Crippen LogP contribution in [0.3, 0.4) is 0 Å². The maximum atomic E-state index is 10.1. The fourth-order valence-corrected chi connectivity index (χ4v) is 3.88. The Morgan fingerprint density at radius 2 is 1.76 bits per heavy atom. The third-order valence-electron chi connectivity index (χ3n) is 5.40. The van der Waals surface area contributed by atoms with Crippen LogP contribution in [-0.4, -0.2) is 75.9 Å². The van der Waals surface area contributed by atoms with Crippen LogP contribution in [0.5, 0.6) is 5.88 Å². The smallest absolute Gasteiger partial charge is 0.228 e. The van der Waals surface area contributed by atoms with Crippen molar-refractivity contribution in [1.29, 1.82) is 0 Å². The third kappa shape index (κ3) is 3.31. The van der Waals surface area contributed by atoms with E-state index in [0.29, 0.717) is 11.8 Å². The number of anilines is 1. The van der Waals surface area contributed by atoms with Crippen LogP contribution in [0.4, 0.5) is 5.95 Å². The minimum absolute atomic E-state index is 0.198. The summed E-state index contributed by atoms with van der Waals surface area (Å²) in [4.78, 5) is 11.6. The number of fused-ring (bicyclic) bond motifs is 1. The predicted molar refractivity (Wildman–Crippen MR) is 90.8 cm³/mol. The molecule has 1 aromatic rings. The summed E-state index contributed by atoms with van der Waals surface area (Å²) in [5.74, 6) is 1.18. The Balaban J connectivity index is 1.63. The fraction of sp³-hybridized carbons (Fsp3) is 0.765. The zero-order valence-electron chi connectivity index (χ0n) is 14.3. The van der Waals surface area contributed by atoms with Crippen LogP contribution in [0, 0.1) is 0 Å². The largest absolute Gasteiger partial charge is 0.471 e. The fourth-order valence-electron chi connectivity index (χ4n) is 3.88. The van der Waals surface area contributed by atoms with Gasteiger partial charge in [-0.2, -0.15) is 4.98 Å². The number of hydrogen-bond acceptors (Lipinski definition) is 8. The highest BCUT2D eigenvalue weighted by Crippen LogP contribution is 2.32. The zero-order valence-corrected chi connectivity index (χ0v) is 14.3. The van der Waals surface area contributed by atoms with Crippen LogP contribution in [0.2, 0.25) is 0 Å². The Kier molecular flexibility index (Phi) is 4.77. The van der Waals surface area contributed by atoms with Crippen molar-refractivity contribution in [2.75, 3.05) is 31.1 Å². The molecule has 0 spiro atoms. The number of aliphatic hydroxyl groups is 3. The summed E-state index contributed by atoms with van der Waals surface area (Å²) in [6.45, 7) is 3.50. The molecule has 2 fully saturated rings. The lowest BCUT2D eigenvalue weighted by Gasteiger charge is -2.30. The number of aryl methyl sites for hydroxylation is 1. The van der Waals surface area contributed by atoms with Gasteiger partial charge in [-0.15, -0.1) is 0 Å². The number of piperazine rings is 1. The van der Waals surface area contributed by atoms with Gasteiger partial charge >= 0.3 is 0 Å². The van der Waals surface area contributed by atoms with Crippen molar-refractivity contribution in [3.05, 3.63) is 11.3 Å². The lowest BCUT2D eigenvalue weighted by molar-refractivity contribution is -0.0374. The molecule has 4 atom stereocenters. The predicted octanol–water partition coefficient (Wildman–Crippen LogP) is -1.00. The van der Waals surface area contributed by atoms with Gasteiger partial charge in [0, 0.05) is 38.2 Å². The normalized spacial score (nSPS) is 32.5. The SMILES string of the molecule is O[C@@H]1[C@H](O)[C@@H](O)C[C@H]1Oc1nc(N2CCNCC2)nc2c1CCCC2. The summed E-state index contributed by atoms with van der Waals surface area (Å²) in [5, 5.41) is 33.0. The van der Waals surface area contributed by atoms with E-state index in [2.05, 4.69) is 15.2 Å². The van der Waals surface area contributed by atoms with Gasteiger partial charge in [-0.1, -0.05) is 0 Å². The molecule has 0 radical (unpaired) electrons. The van der Waals surface area contributed by atoms with Crippen LogP contribution in [-0.2, 0) is 12.8 Å².